The van der Waals surface area contributed by atoms with Crippen molar-refractivity contribution in [1.82, 2.24) is 9.97 Å². The van der Waals surface area contributed by atoms with Crippen molar-refractivity contribution in [2.45, 2.75) is 48.3 Å². The molecule has 1 aliphatic carbocycles. The molecule has 0 unspecified atom stereocenters. The Balaban J connectivity index is 2.02. The van der Waals surface area contributed by atoms with Crippen LogP contribution in [0.2, 0.25) is 0 Å². The summed E-state index contributed by atoms with van der Waals surface area (Å²) in [7, 11) is 0. The van der Waals surface area contributed by atoms with E-state index >= 15 is 0 Å². The summed E-state index contributed by atoms with van der Waals surface area (Å²) >= 11 is 7.51. The zero-order valence-corrected chi connectivity index (χ0v) is 11.3. The van der Waals surface area contributed by atoms with Gasteiger partial charge in [-0.15, -0.1) is 23.4 Å². The van der Waals surface area contributed by atoms with E-state index in [9.17, 15) is 4.79 Å². The largest absolute Gasteiger partial charge is 0.309 e. The first-order chi connectivity index (χ1) is 8.19. The standard InChI is InChI=1S/C12H15ClN2OS/c1-6-2-3-7-8(4-6)17-12-10(7)11(16)14-9(5-13)15-12/h6-8H,2-5H2,1H3,(H,14,15,16)/t6-,7-,8-/m1/s1. The third kappa shape index (κ3) is 1.91. The van der Waals surface area contributed by atoms with Crippen molar-refractivity contribution < 1.29 is 0 Å². The fraction of sp³-hybridized carbons (Fsp3) is 0.667. The van der Waals surface area contributed by atoms with Gasteiger partial charge in [-0.2, -0.15) is 0 Å². The first-order valence-corrected chi connectivity index (χ1v) is 7.46. The van der Waals surface area contributed by atoms with Crippen LogP contribution in [0.25, 0.3) is 0 Å². The zero-order chi connectivity index (χ0) is 12.0. The van der Waals surface area contributed by atoms with Crippen LogP contribution in [0.15, 0.2) is 9.82 Å². The normalized spacial score (nSPS) is 31.1. The van der Waals surface area contributed by atoms with Crippen LogP contribution in [0.4, 0.5) is 0 Å². The van der Waals surface area contributed by atoms with Crippen molar-refractivity contribution in [3.63, 3.8) is 0 Å². The Hall–Kier alpha value is -0.480. The van der Waals surface area contributed by atoms with Gasteiger partial charge in [-0.05, 0) is 18.8 Å². The quantitative estimate of drug-likeness (QED) is 0.630. The van der Waals surface area contributed by atoms with Crippen LogP contribution >= 0.6 is 23.4 Å². The van der Waals surface area contributed by atoms with Crippen LogP contribution in [-0.4, -0.2) is 15.2 Å². The Labute approximate surface area is 109 Å². The van der Waals surface area contributed by atoms with Crippen LogP contribution in [0.1, 0.15) is 43.5 Å². The highest BCUT2D eigenvalue weighted by molar-refractivity contribution is 8.00. The van der Waals surface area contributed by atoms with Crippen molar-refractivity contribution in [3.8, 4) is 0 Å². The molecule has 1 aromatic heterocycles. The Bertz CT molecular complexity index is 502. The van der Waals surface area contributed by atoms with Gasteiger partial charge in [0.25, 0.3) is 5.56 Å². The van der Waals surface area contributed by atoms with Crippen molar-refractivity contribution >= 4 is 23.4 Å². The second kappa shape index (κ2) is 4.32. The molecule has 1 fully saturated rings. The molecule has 1 N–H and O–H groups in total. The maximum absolute atomic E-state index is 12.1. The molecule has 1 aromatic rings. The molecule has 0 saturated heterocycles. The maximum atomic E-state index is 12.1. The Morgan fingerprint density at radius 2 is 2.35 bits per heavy atom. The molecule has 2 aliphatic rings. The minimum atomic E-state index is 0.0280. The molecule has 3 atom stereocenters. The fourth-order valence-electron chi connectivity index (χ4n) is 2.92. The average molecular weight is 271 g/mol. The van der Waals surface area contributed by atoms with Gasteiger partial charge in [0.05, 0.1) is 11.4 Å². The van der Waals surface area contributed by atoms with E-state index in [-0.39, 0.29) is 11.4 Å². The lowest BCUT2D eigenvalue weighted by Gasteiger charge is -2.28. The van der Waals surface area contributed by atoms with Crippen LogP contribution < -0.4 is 5.56 Å². The molecule has 3 rings (SSSR count). The lowest BCUT2D eigenvalue weighted by Crippen LogP contribution is -2.25. The summed E-state index contributed by atoms with van der Waals surface area (Å²) in [5.74, 6) is 2.04. The molecular weight excluding hydrogens is 256 g/mol. The SMILES string of the molecule is C[C@@H]1CC[C@H]2c3c(nc(CCl)[nH]c3=O)S[C@@H]2C1. The van der Waals surface area contributed by atoms with Crippen LogP contribution in [0.5, 0.6) is 0 Å². The smallest absolute Gasteiger partial charge is 0.255 e. The molecule has 0 amide bonds. The number of halogens is 1. The summed E-state index contributed by atoms with van der Waals surface area (Å²) in [6.07, 6.45) is 3.54. The summed E-state index contributed by atoms with van der Waals surface area (Å²) in [5.41, 5.74) is 0.945. The molecule has 17 heavy (non-hydrogen) atoms. The van der Waals surface area contributed by atoms with Gasteiger partial charge in [0.15, 0.2) is 0 Å². The number of aromatic amines is 1. The summed E-state index contributed by atoms with van der Waals surface area (Å²) in [4.78, 5) is 19.3. The predicted octanol–water partition coefficient (Wildman–Crippen LogP) is 2.89. The molecule has 3 nitrogen and oxygen atoms in total. The zero-order valence-electron chi connectivity index (χ0n) is 9.70. The summed E-state index contributed by atoms with van der Waals surface area (Å²) in [5, 5.41) is 1.47. The molecule has 0 spiro atoms. The molecule has 0 radical (unpaired) electrons. The minimum absolute atomic E-state index is 0.0280. The predicted molar refractivity (Wildman–Crippen MR) is 69.8 cm³/mol. The number of hydrogen-bond donors (Lipinski definition) is 1. The van der Waals surface area contributed by atoms with E-state index in [0.717, 1.165) is 22.9 Å². The van der Waals surface area contributed by atoms with E-state index in [1.165, 1.54) is 12.8 Å². The number of rotatable bonds is 1. The van der Waals surface area contributed by atoms with Crippen LogP contribution in [0, 0.1) is 5.92 Å². The highest BCUT2D eigenvalue weighted by Crippen LogP contribution is 2.50. The highest BCUT2D eigenvalue weighted by Gasteiger charge is 2.40. The van der Waals surface area contributed by atoms with Crippen LogP contribution in [0.3, 0.4) is 0 Å². The van der Waals surface area contributed by atoms with Crippen molar-refractivity contribution in [1.29, 1.82) is 0 Å². The summed E-state index contributed by atoms with van der Waals surface area (Å²) in [6, 6.07) is 0. The van der Waals surface area contributed by atoms with Crippen LogP contribution in [-0.2, 0) is 5.88 Å². The maximum Gasteiger partial charge on any atom is 0.255 e. The molecule has 92 valence electrons. The first-order valence-electron chi connectivity index (χ1n) is 6.04. The van der Waals surface area contributed by atoms with E-state index < -0.39 is 0 Å². The number of hydrogen-bond acceptors (Lipinski definition) is 3. The Morgan fingerprint density at radius 3 is 3.12 bits per heavy atom. The van der Waals surface area contributed by atoms with E-state index in [2.05, 4.69) is 16.9 Å². The van der Waals surface area contributed by atoms with Crippen molar-refractivity contribution in [2.24, 2.45) is 5.92 Å². The van der Waals surface area contributed by atoms with Gasteiger partial charge in [-0.1, -0.05) is 13.3 Å². The van der Waals surface area contributed by atoms with Gasteiger partial charge in [0.1, 0.15) is 10.9 Å². The number of nitrogens with one attached hydrogen (secondary N) is 1. The number of aromatic nitrogens is 2. The third-order valence-corrected chi connectivity index (χ3v) is 5.40. The first kappa shape index (κ1) is 11.6. The number of H-pyrrole nitrogens is 1. The molecule has 1 aliphatic heterocycles. The van der Waals surface area contributed by atoms with E-state index in [1.54, 1.807) is 11.8 Å². The lowest BCUT2D eigenvalue weighted by atomic mass is 9.80. The van der Waals surface area contributed by atoms with Crippen molar-refractivity contribution in [2.75, 3.05) is 0 Å². The van der Waals surface area contributed by atoms with E-state index in [0.29, 0.717) is 17.0 Å². The van der Waals surface area contributed by atoms with Gasteiger partial charge < -0.3 is 4.98 Å². The van der Waals surface area contributed by atoms with Crippen molar-refractivity contribution in [3.05, 3.63) is 21.7 Å². The molecule has 2 heterocycles. The molecule has 5 heteroatoms. The number of nitrogens with zero attached hydrogens (tertiary/aromatic N) is 1. The van der Waals surface area contributed by atoms with Gasteiger partial charge in [0, 0.05) is 11.2 Å². The topological polar surface area (TPSA) is 45.8 Å². The van der Waals surface area contributed by atoms with Gasteiger partial charge in [0.2, 0.25) is 0 Å². The second-order valence-corrected chi connectivity index (χ2v) is 6.54. The highest BCUT2D eigenvalue weighted by atomic mass is 35.5. The number of alkyl halides is 1. The molecular formula is C12H15ClN2OS. The Kier molecular flexibility index (Phi) is 2.95. The third-order valence-electron chi connectivity index (χ3n) is 3.78. The van der Waals surface area contributed by atoms with Gasteiger partial charge in [-0.3, -0.25) is 4.79 Å². The summed E-state index contributed by atoms with van der Waals surface area (Å²) in [6.45, 7) is 2.29. The fourth-order valence-corrected chi connectivity index (χ4v) is 4.73. The minimum Gasteiger partial charge on any atom is -0.309 e. The average Bonchev–Trinajstić information content (AvgIpc) is 2.66. The monoisotopic (exact) mass is 270 g/mol. The van der Waals surface area contributed by atoms with E-state index in [1.807, 2.05) is 0 Å². The van der Waals surface area contributed by atoms with E-state index in [4.69, 9.17) is 11.6 Å². The number of fused-ring (bicyclic) bond motifs is 3. The van der Waals surface area contributed by atoms with Gasteiger partial charge in [-0.25, -0.2) is 4.98 Å². The molecule has 0 aromatic carbocycles. The van der Waals surface area contributed by atoms with Gasteiger partial charge >= 0.3 is 0 Å². The Morgan fingerprint density at radius 1 is 1.53 bits per heavy atom. The second-order valence-electron chi connectivity index (χ2n) is 5.05. The molecule has 0 bridgehead atoms. The lowest BCUT2D eigenvalue weighted by molar-refractivity contribution is 0.359. The summed E-state index contributed by atoms with van der Waals surface area (Å²) < 4.78 is 0. The molecule has 1 saturated carbocycles. The number of thioether (sulfide) groups is 1.